The molecular weight excluding hydrogens is 344 g/mol. The first-order valence-electron chi connectivity index (χ1n) is 9.27. The molecule has 2 fully saturated rings. The molecule has 1 saturated carbocycles. The van der Waals surface area contributed by atoms with Crippen molar-refractivity contribution >= 4 is 11.8 Å². The van der Waals surface area contributed by atoms with Gasteiger partial charge in [0.25, 0.3) is 5.91 Å². The van der Waals surface area contributed by atoms with E-state index in [9.17, 15) is 9.59 Å². The Balaban J connectivity index is 1.34. The summed E-state index contributed by atoms with van der Waals surface area (Å²) in [6.07, 6.45) is 3.36. The minimum atomic E-state index is -0.152. The molecule has 2 amide bonds. The van der Waals surface area contributed by atoms with Crippen LogP contribution in [0.15, 0.2) is 42.7 Å². The van der Waals surface area contributed by atoms with Crippen LogP contribution in [0.25, 0.3) is 0 Å². The Morgan fingerprint density at radius 2 is 1.70 bits per heavy atom. The second-order valence-corrected chi connectivity index (χ2v) is 6.91. The predicted molar refractivity (Wildman–Crippen MR) is 98.0 cm³/mol. The normalized spacial score (nSPS) is 16.9. The van der Waals surface area contributed by atoms with Crippen LogP contribution in [0.5, 0.6) is 5.88 Å². The van der Waals surface area contributed by atoms with E-state index in [4.69, 9.17) is 4.74 Å². The molecule has 4 rings (SSSR count). The Labute approximate surface area is 158 Å². The highest BCUT2D eigenvalue weighted by atomic mass is 16.5. The Kier molecular flexibility index (Phi) is 5.00. The lowest BCUT2D eigenvalue weighted by Gasteiger charge is -2.34. The van der Waals surface area contributed by atoms with E-state index in [1.54, 1.807) is 11.0 Å². The van der Waals surface area contributed by atoms with Gasteiger partial charge in [0.05, 0.1) is 0 Å². The summed E-state index contributed by atoms with van der Waals surface area (Å²) in [7, 11) is 0. The Hall–Kier alpha value is -2.96. The van der Waals surface area contributed by atoms with E-state index in [1.807, 2.05) is 35.2 Å². The Bertz CT molecular complexity index is 815. The van der Waals surface area contributed by atoms with Crippen molar-refractivity contribution in [1.29, 1.82) is 0 Å². The molecule has 2 aliphatic rings. The second-order valence-electron chi connectivity index (χ2n) is 6.91. The topological polar surface area (TPSA) is 75.6 Å². The van der Waals surface area contributed by atoms with Crippen molar-refractivity contribution in [2.75, 3.05) is 26.2 Å². The van der Waals surface area contributed by atoms with E-state index in [0.717, 1.165) is 18.4 Å². The fourth-order valence-corrected chi connectivity index (χ4v) is 3.15. The van der Waals surface area contributed by atoms with E-state index in [0.29, 0.717) is 44.4 Å². The Morgan fingerprint density at radius 1 is 1.00 bits per heavy atom. The van der Waals surface area contributed by atoms with Gasteiger partial charge >= 0.3 is 0 Å². The highest BCUT2D eigenvalue weighted by Gasteiger charge is 2.35. The van der Waals surface area contributed by atoms with Crippen LogP contribution in [0, 0.1) is 5.92 Å². The molecule has 1 saturated heterocycles. The molecule has 1 aromatic carbocycles. The van der Waals surface area contributed by atoms with Crippen LogP contribution >= 0.6 is 0 Å². The molecule has 140 valence electrons. The van der Waals surface area contributed by atoms with E-state index in [2.05, 4.69) is 9.97 Å². The van der Waals surface area contributed by atoms with Gasteiger partial charge in [-0.05, 0) is 18.4 Å². The molecule has 0 spiro atoms. The number of piperazine rings is 1. The van der Waals surface area contributed by atoms with Crippen molar-refractivity contribution in [3.05, 3.63) is 54.0 Å². The third kappa shape index (κ3) is 4.24. The second kappa shape index (κ2) is 7.73. The summed E-state index contributed by atoms with van der Waals surface area (Å²) in [4.78, 5) is 36.6. The summed E-state index contributed by atoms with van der Waals surface area (Å²) < 4.78 is 5.68. The minimum Gasteiger partial charge on any atom is -0.473 e. The van der Waals surface area contributed by atoms with Crippen molar-refractivity contribution in [3.8, 4) is 5.88 Å². The van der Waals surface area contributed by atoms with Gasteiger partial charge in [0.2, 0.25) is 11.8 Å². The van der Waals surface area contributed by atoms with Crippen LogP contribution in [0.3, 0.4) is 0 Å². The van der Waals surface area contributed by atoms with Gasteiger partial charge in [0.15, 0.2) is 0 Å². The largest absolute Gasteiger partial charge is 0.473 e. The lowest BCUT2D eigenvalue weighted by molar-refractivity contribution is -0.134. The van der Waals surface area contributed by atoms with Gasteiger partial charge < -0.3 is 14.5 Å². The molecule has 1 aliphatic carbocycles. The molecule has 2 aromatic rings. The van der Waals surface area contributed by atoms with E-state index >= 15 is 0 Å². The van der Waals surface area contributed by atoms with E-state index in [-0.39, 0.29) is 17.7 Å². The van der Waals surface area contributed by atoms with Gasteiger partial charge in [-0.15, -0.1) is 0 Å². The summed E-state index contributed by atoms with van der Waals surface area (Å²) in [5.74, 6) is 0.680. The molecule has 0 radical (unpaired) electrons. The first-order chi connectivity index (χ1) is 13.2. The Morgan fingerprint density at radius 3 is 2.41 bits per heavy atom. The third-order valence-corrected chi connectivity index (χ3v) is 4.90. The number of ether oxygens (including phenoxy) is 1. The quantitative estimate of drug-likeness (QED) is 0.806. The summed E-state index contributed by atoms with van der Waals surface area (Å²) in [6.45, 7) is 2.61. The zero-order valence-electron chi connectivity index (χ0n) is 15.1. The maximum absolute atomic E-state index is 12.7. The van der Waals surface area contributed by atoms with Crippen LogP contribution in [0.2, 0.25) is 0 Å². The summed E-state index contributed by atoms with van der Waals surface area (Å²) in [5.41, 5.74) is 1.34. The van der Waals surface area contributed by atoms with Crippen LogP contribution in [0.1, 0.15) is 28.9 Å². The van der Waals surface area contributed by atoms with Crippen molar-refractivity contribution < 1.29 is 14.3 Å². The monoisotopic (exact) mass is 366 g/mol. The van der Waals surface area contributed by atoms with Crippen molar-refractivity contribution in [3.63, 3.8) is 0 Å². The number of carbonyl (C=O) groups is 2. The molecule has 7 nitrogen and oxygen atoms in total. The minimum absolute atomic E-state index is 0.152. The van der Waals surface area contributed by atoms with Gasteiger partial charge in [0.1, 0.15) is 18.6 Å². The highest BCUT2D eigenvalue weighted by molar-refractivity contribution is 5.92. The van der Waals surface area contributed by atoms with Crippen LogP contribution in [-0.4, -0.2) is 57.8 Å². The maximum atomic E-state index is 12.7. The first-order valence-corrected chi connectivity index (χ1v) is 9.27. The average molecular weight is 366 g/mol. The third-order valence-electron chi connectivity index (χ3n) is 4.90. The molecule has 1 aliphatic heterocycles. The van der Waals surface area contributed by atoms with Gasteiger partial charge in [-0.3, -0.25) is 9.59 Å². The SMILES string of the molecule is O=C(c1cc(OCc2ccccc2)ncn1)N1CCN(C(=O)C2CC2)CC1. The molecule has 2 heterocycles. The van der Waals surface area contributed by atoms with Gasteiger partial charge in [0, 0.05) is 38.2 Å². The van der Waals surface area contributed by atoms with Crippen LogP contribution < -0.4 is 4.74 Å². The smallest absolute Gasteiger partial charge is 0.272 e. The van der Waals surface area contributed by atoms with Gasteiger partial charge in [-0.25, -0.2) is 9.97 Å². The average Bonchev–Trinajstić information content (AvgIpc) is 3.58. The van der Waals surface area contributed by atoms with Crippen LogP contribution in [0.4, 0.5) is 0 Å². The fraction of sp³-hybridized carbons (Fsp3) is 0.400. The standard InChI is InChI=1S/C20H22N4O3/c25-19(16-6-7-16)23-8-10-24(11-9-23)20(26)17-12-18(22-14-21-17)27-13-15-4-2-1-3-5-15/h1-5,12,14,16H,6-11,13H2. The number of hydrogen-bond donors (Lipinski definition) is 0. The first kappa shape index (κ1) is 17.5. The highest BCUT2D eigenvalue weighted by Crippen LogP contribution is 2.31. The summed E-state index contributed by atoms with van der Waals surface area (Å²) >= 11 is 0. The maximum Gasteiger partial charge on any atom is 0.272 e. The van der Waals surface area contributed by atoms with Crippen LogP contribution in [-0.2, 0) is 11.4 Å². The summed E-state index contributed by atoms with van der Waals surface area (Å²) in [6, 6.07) is 11.4. The molecule has 27 heavy (non-hydrogen) atoms. The number of benzene rings is 1. The number of hydrogen-bond acceptors (Lipinski definition) is 5. The number of carbonyl (C=O) groups excluding carboxylic acids is 2. The lowest BCUT2D eigenvalue weighted by Crippen LogP contribution is -2.51. The molecule has 0 atom stereocenters. The molecule has 0 bridgehead atoms. The number of rotatable bonds is 5. The zero-order chi connectivity index (χ0) is 18.6. The van der Waals surface area contributed by atoms with Gasteiger partial charge in [-0.1, -0.05) is 30.3 Å². The zero-order valence-corrected chi connectivity index (χ0v) is 15.1. The van der Waals surface area contributed by atoms with Crippen molar-refractivity contribution in [2.24, 2.45) is 5.92 Å². The summed E-state index contributed by atoms with van der Waals surface area (Å²) in [5, 5.41) is 0. The number of amides is 2. The number of aromatic nitrogens is 2. The van der Waals surface area contributed by atoms with Gasteiger partial charge in [-0.2, -0.15) is 0 Å². The molecule has 0 unspecified atom stereocenters. The molecule has 7 heteroatoms. The molecule has 1 aromatic heterocycles. The molecule has 0 N–H and O–H groups in total. The number of nitrogens with zero attached hydrogens (tertiary/aromatic N) is 4. The fourth-order valence-electron chi connectivity index (χ4n) is 3.15. The van der Waals surface area contributed by atoms with Crippen molar-refractivity contribution in [2.45, 2.75) is 19.4 Å². The lowest BCUT2D eigenvalue weighted by atomic mass is 10.2. The predicted octanol–water partition coefficient (Wildman–Crippen LogP) is 1.75. The van der Waals surface area contributed by atoms with E-state index in [1.165, 1.54) is 6.33 Å². The van der Waals surface area contributed by atoms with Crippen molar-refractivity contribution in [1.82, 2.24) is 19.8 Å². The molecular formula is C20H22N4O3. The van der Waals surface area contributed by atoms with E-state index < -0.39 is 0 Å².